The first-order valence-corrected chi connectivity index (χ1v) is 14.2. The molecular formula is C37H30N4O. The van der Waals surface area contributed by atoms with Crippen LogP contribution in [0, 0.1) is 0 Å². The fourth-order valence-electron chi connectivity index (χ4n) is 5.98. The van der Waals surface area contributed by atoms with E-state index in [0.717, 1.165) is 39.2 Å². The highest BCUT2D eigenvalue weighted by Crippen LogP contribution is 2.37. The number of aromatic nitrogens is 2. The number of nitrogens with zero attached hydrogens (tertiary/aromatic N) is 4. The van der Waals surface area contributed by atoms with Gasteiger partial charge >= 0.3 is 6.03 Å². The Hall–Kier alpha value is -5.29. The SMILES string of the molecule is CN1C(=O)N(C)C2C(c3cccc(-c4cc(-c5ccc(-c6ccccc6)cc5)nc(-c5ccccc5)n4)c3)=CC=CC21. The molecule has 1 saturated heterocycles. The lowest BCUT2D eigenvalue weighted by atomic mass is 9.88. The van der Waals surface area contributed by atoms with E-state index in [1.807, 2.05) is 60.3 Å². The fraction of sp³-hybridized carbons (Fsp3) is 0.108. The molecule has 5 heteroatoms. The summed E-state index contributed by atoms with van der Waals surface area (Å²) in [6, 6.07) is 39.6. The largest absolute Gasteiger partial charge is 0.320 e. The summed E-state index contributed by atoms with van der Waals surface area (Å²) in [6.45, 7) is 0. The number of rotatable bonds is 5. The minimum absolute atomic E-state index is 0.0142. The maximum Gasteiger partial charge on any atom is 0.320 e. The van der Waals surface area contributed by atoms with Gasteiger partial charge in [0, 0.05) is 30.8 Å². The number of carbonyl (C=O) groups is 1. The van der Waals surface area contributed by atoms with E-state index in [9.17, 15) is 4.79 Å². The van der Waals surface area contributed by atoms with Crippen molar-refractivity contribution in [1.29, 1.82) is 0 Å². The second-order valence-corrected chi connectivity index (χ2v) is 10.8. The molecule has 204 valence electrons. The maximum absolute atomic E-state index is 12.8. The first-order chi connectivity index (χ1) is 20.6. The molecule has 0 bridgehead atoms. The van der Waals surface area contributed by atoms with E-state index < -0.39 is 0 Å². The quantitative estimate of drug-likeness (QED) is 0.226. The van der Waals surface area contributed by atoms with Crippen LogP contribution in [0.5, 0.6) is 0 Å². The molecule has 2 aliphatic rings. The molecule has 0 N–H and O–H groups in total. The van der Waals surface area contributed by atoms with Gasteiger partial charge in [0.1, 0.15) is 0 Å². The first kappa shape index (κ1) is 25.7. The molecular weight excluding hydrogens is 516 g/mol. The van der Waals surface area contributed by atoms with Crippen molar-refractivity contribution in [2.75, 3.05) is 14.1 Å². The predicted octanol–water partition coefficient (Wildman–Crippen LogP) is 7.83. The van der Waals surface area contributed by atoms with Gasteiger partial charge in [0.05, 0.1) is 23.5 Å². The minimum Gasteiger partial charge on any atom is -0.319 e. The Labute approximate surface area is 246 Å². The van der Waals surface area contributed by atoms with Gasteiger partial charge in [0.2, 0.25) is 0 Å². The molecule has 1 fully saturated rings. The van der Waals surface area contributed by atoms with E-state index in [2.05, 4.69) is 97.1 Å². The molecule has 4 aromatic carbocycles. The minimum atomic E-state index is -0.0354. The van der Waals surface area contributed by atoms with E-state index >= 15 is 0 Å². The Balaban J connectivity index is 1.30. The second-order valence-electron chi connectivity index (χ2n) is 10.8. The molecule has 0 radical (unpaired) electrons. The van der Waals surface area contributed by atoms with Crippen LogP contribution in [0.4, 0.5) is 4.79 Å². The van der Waals surface area contributed by atoms with Gasteiger partial charge in [-0.25, -0.2) is 14.8 Å². The van der Waals surface area contributed by atoms with Crippen molar-refractivity contribution in [3.05, 3.63) is 139 Å². The average molecular weight is 547 g/mol. The summed E-state index contributed by atoms with van der Waals surface area (Å²) in [4.78, 5) is 26.4. The van der Waals surface area contributed by atoms with Crippen molar-refractivity contribution in [1.82, 2.24) is 19.8 Å². The predicted molar refractivity (Wildman–Crippen MR) is 169 cm³/mol. The third kappa shape index (κ3) is 4.59. The molecule has 1 aliphatic heterocycles. The van der Waals surface area contributed by atoms with Gasteiger partial charge in [-0.15, -0.1) is 0 Å². The van der Waals surface area contributed by atoms with Gasteiger partial charge < -0.3 is 9.80 Å². The van der Waals surface area contributed by atoms with Gasteiger partial charge in [-0.1, -0.05) is 121 Å². The van der Waals surface area contributed by atoms with Crippen LogP contribution in [0.25, 0.3) is 50.6 Å². The zero-order valence-corrected chi connectivity index (χ0v) is 23.6. The highest BCUT2D eigenvalue weighted by Gasteiger charge is 2.43. The van der Waals surface area contributed by atoms with E-state index in [1.165, 1.54) is 11.1 Å². The maximum atomic E-state index is 12.8. The Morgan fingerprint density at radius 2 is 1.14 bits per heavy atom. The number of benzene rings is 4. The van der Waals surface area contributed by atoms with Crippen LogP contribution in [0.15, 0.2) is 133 Å². The van der Waals surface area contributed by atoms with E-state index in [1.54, 1.807) is 0 Å². The summed E-state index contributed by atoms with van der Waals surface area (Å²) in [5.41, 5.74) is 9.27. The lowest BCUT2D eigenvalue weighted by molar-refractivity contribution is 0.202. The van der Waals surface area contributed by atoms with Crippen molar-refractivity contribution in [2.45, 2.75) is 12.1 Å². The Morgan fingerprint density at radius 3 is 1.86 bits per heavy atom. The summed E-state index contributed by atoms with van der Waals surface area (Å²) in [7, 11) is 3.75. The van der Waals surface area contributed by atoms with Gasteiger partial charge in [-0.2, -0.15) is 0 Å². The van der Waals surface area contributed by atoms with Crippen LogP contribution in [-0.2, 0) is 0 Å². The van der Waals surface area contributed by atoms with E-state index in [0.29, 0.717) is 5.82 Å². The fourth-order valence-corrected chi connectivity index (χ4v) is 5.98. The van der Waals surface area contributed by atoms with Crippen LogP contribution in [0.3, 0.4) is 0 Å². The zero-order chi connectivity index (χ0) is 28.6. The molecule has 0 saturated carbocycles. The van der Waals surface area contributed by atoms with E-state index in [4.69, 9.17) is 9.97 Å². The van der Waals surface area contributed by atoms with Gasteiger partial charge in [-0.3, -0.25) is 0 Å². The number of allylic oxidation sites excluding steroid dienone is 2. The molecule has 5 nitrogen and oxygen atoms in total. The number of carbonyl (C=O) groups excluding carboxylic acids is 1. The molecule has 1 aromatic heterocycles. The number of amides is 2. The summed E-state index contributed by atoms with van der Waals surface area (Å²) in [5.74, 6) is 0.684. The number of likely N-dealkylation sites (N-methyl/N-ethyl adjacent to an activating group) is 2. The van der Waals surface area contributed by atoms with Gasteiger partial charge in [0.15, 0.2) is 5.82 Å². The van der Waals surface area contributed by atoms with Gasteiger partial charge in [-0.05, 0) is 34.4 Å². The number of hydrogen-bond acceptors (Lipinski definition) is 3. The van der Waals surface area contributed by atoms with Crippen LogP contribution in [0.1, 0.15) is 5.56 Å². The first-order valence-electron chi connectivity index (χ1n) is 14.2. The van der Waals surface area contributed by atoms with Gasteiger partial charge in [0.25, 0.3) is 0 Å². The van der Waals surface area contributed by atoms with Crippen molar-refractivity contribution in [3.8, 4) is 45.0 Å². The van der Waals surface area contributed by atoms with Crippen LogP contribution in [-0.4, -0.2) is 52.0 Å². The smallest absolute Gasteiger partial charge is 0.319 e. The second kappa shape index (κ2) is 10.6. The Bertz CT molecular complexity index is 1830. The summed E-state index contributed by atoms with van der Waals surface area (Å²) >= 11 is 0. The number of hydrogen-bond donors (Lipinski definition) is 0. The van der Waals surface area contributed by atoms with Crippen molar-refractivity contribution >= 4 is 11.6 Å². The standard InChI is InChI=1S/C37H30N4O/c1-40-34-18-10-17-31(35(34)41(2)37(40)42)29-15-9-16-30(23-29)33-24-32(38-36(39-33)28-13-7-4-8-14-28)27-21-19-26(20-22-27)25-11-5-3-6-12-25/h3-24,34-35H,1-2H3. The summed E-state index contributed by atoms with van der Waals surface area (Å²) in [5, 5.41) is 0. The van der Waals surface area contributed by atoms with Crippen molar-refractivity contribution < 1.29 is 4.79 Å². The highest BCUT2D eigenvalue weighted by molar-refractivity contribution is 5.87. The molecule has 0 spiro atoms. The van der Waals surface area contributed by atoms with Crippen molar-refractivity contribution in [3.63, 3.8) is 0 Å². The van der Waals surface area contributed by atoms with Crippen LogP contribution >= 0.6 is 0 Å². The topological polar surface area (TPSA) is 49.3 Å². The molecule has 42 heavy (non-hydrogen) atoms. The third-order valence-corrected chi connectivity index (χ3v) is 8.23. The lowest BCUT2D eigenvalue weighted by Crippen LogP contribution is -2.36. The number of fused-ring (bicyclic) bond motifs is 1. The molecule has 5 aromatic rings. The Kier molecular flexibility index (Phi) is 6.48. The molecule has 2 unspecified atom stereocenters. The summed E-state index contributed by atoms with van der Waals surface area (Å²) in [6.07, 6.45) is 6.28. The molecule has 7 rings (SSSR count). The van der Waals surface area contributed by atoms with Crippen LogP contribution < -0.4 is 0 Å². The Morgan fingerprint density at radius 1 is 0.571 bits per heavy atom. The van der Waals surface area contributed by atoms with Crippen LogP contribution in [0.2, 0.25) is 0 Å². The zero-order valence-electron chi connectivity index (χ0n) is 23.6. The normalized spacial score (nSPS) is 17.8. The third-order valence-electron chi connectivity index (χ3n) is 8.23. The summed E-state index contributed by atoms with van der Waals surface area (Å²) < 4.78 is 0. The van der Waals surface area contributed by atoms with Crippen molar-refractivity contribution in [2.24, 2.45) is 0 Å². The lowest BCUT2D eigenvalue weighted by Gasteiger charge is -2.28. The molecule has 2 amide bonds. The average Bonchev–Trinajstić information content (AvgIpc) is 3.29. The van der Waals surface area contributed by atoms with E-state index in [-0.39, 0.29) is 18.1 Å². The number of urea groups is 1. The highest BCUT2D eigenvalue weighted by atomic mass is 16.2. The molecule has 2 heterocycles. The molecule has 2 atom stereocenters. The monoisotopic (exact) mass is 546 g/mol. The molecule has 1 aliphatic carbocycles.